The van der Waals surface area contributed by atoms with Gasteiger partial charge in [-0.1, -0.05) is 0 Å². The maximum absolute atomic E-state index is 12.7. The van der Waals surface area contributed by atoms with E-state index in [1.165, 1.54) is 12.8 Å². The molecule has 1 amide bonds. The molecule has 2 aliphatic heterocycles. The molecule has 6 nitrogen and oxygen atoms in total. The van der Waals surface area contributed by atoms with E-state index in [0.717, 1.165) is 39.1 Å². The molecule has 0 spiro atoms. The van der Waals surface area contributed by atoms with Crippen LogP contribution >= 0.6 is 0 Å². The molecule has 1 N–H and O–H groups in total. The quantitative estimate of drug-likeness (QED) is 0.756. The van der Waals surface area contributed by atoms with E-state index >= 15 is 0 Å². The molecular weight excluding hydrogens is 344 g/mol. The van der Waals surface area contributed by atoms with Crippen LogP contribution in [0.2, 0.25) is 0 Å². The molecule has 0 saturated carbocycles. The summed E-state index contributed by atoms with van der Waals surface area (Å²) in [6.07, 6.45) is 4.72. The lowest BCUT2D eigenvalue weighted by Gasteiger charge is -2.33. The molecule has 27 heavy (non-hydrogen) atoms. The molecule has 1 aromatic carbocycles. The summed E-state index contributed by atoms with van der Waals surface area (Å²) in [5, 5.41) is 3.18. The van der Waals surface area contributed by atoms with E-state index in [0.29, 0.717) is 36.4 Å². The minimum absolute atomic E-state index is 0.0448. The minimum Gasteiger partial charge on any atom is -0.490 e. The third kappa shape index (κ3) is 5.59. The predicted octanol–water partition coefficient (Wildman–Crippen LogP) is 2.86. The molecule has 2 aliphatic rings. The Kier molecular flexibility index (Phi) is 7.35. The Bertz CT molecular complexity index is 608. The molecule has 2 heterocycles. The number of benzene rings is 1. The van der Waals surface area contributed by atoms with Crippen LogP contribution in [0.5, 0.6) is 11.5 Å². The van der Waals surface area contributed by atoms with Crippen molar-refractivity contribution in [3.63, 3.8) is 0 Å². The normalized spacial score (nSPS) is 21.2. The SMILES string of the molecule is CCOc1ccc(C(=O)NC2CCN(CC3CCCO3)CC2)cc1OCC. The van der Waals surface area contributed by atoms with Gasteiger partial charge in [0.1, 0.15) is 0 Å². The Hall–Kier alpha value is -1.79. The van der Waals surface area contributed by atoms with E-state index in [4.69, 9.17) is 14.2 Å². The van der Waals surface area contributed by atoms with Gasteiger partial charge in [-0.3, -0.25) is 4.79 Å². The van der Waals surface area contributed by atoms with Crippen LogP contribution in [0, 0.1) is 0 Å². The summed E-state index contributed by atoms with van der Waals surface area (Å²) >= 11 is 0. The van der Waals surface area contributed by atoms with Crippen molar-refractivity contribution in [3.05, 3.63) is 23.8 Å². The van der Waals surface area contributed by atoms with Crippen molar-refractivity contribution >= 4 is 5.91 Å². The fourth-order valence-corrected chi connectivity index (χ4v) is 3.80. The lowest BCUT2D eigenvalue weighted by Crippen LogP contribution is -2.46. The van der Waals surface area contributed by atoms with Gasteiger partial charge in [-0.05, 0) is 57.7 Å². The van der Waals surface area contributed by atoms with Gasteiger partial charge in [-0.2, -0.15) is 0 Å². The van der Waals surface area contributed by atoms with Crippen LogP contribution in [0.3, 0.4) is 0 Å². The highest BCUT2D eigenvalue weighted by Crippen LogP contribution is 2.28. The van der Waals surface area contributed by atoms with Crippen LogP contribution < -0.4 is 14.8 Å². The summed E-state index contributed by atoms with van der Waals surface area (Å²) in [5.74, 6) is 1.26. The highest BCUT2D eigenvalue weighted by atomic mass is 16.5. The first-order valence-corrected chi connectivity index (χ1v) is 10.2. The zero-order chi connectivity index (χ0) is 19.1. The molecule has 0 radical (unpaired) electrons. The lowest BCUT2D eigenvalue weighted by molar-refractivity contribution is 0.0613. The van der Waals surface area contributed by atoms with Gasteiger partial charge >= 0.3 is 0 Å². The van der Waals surface area contributed by atoms with Crippen LogP contribution in [0.15, 0.2) is 18.2 Å². The third-order valence-corrected chi connectivity index (χ3v) is 5.21. The van der Waals surface area contributed by atoms with Crippen molar-refractivity contribution < 1.29 is 19.0 Å². The molecule has 2 fully saturated rings. The molecule has 3 rings (SSSR count). The average Bonchev–Trinajstić information content (AvgIpc) is 3.18. The van der Waals surface area contributed by atoms with Crippen LogP contribution in [0.4, 0.5) is 0 Å². The summed E-state index contributed by atoms with van der Waals surface area (Å²) in [7, 11) is 0. The molecule has 0 bridgehead atoms. The first kappa shape index (κ1) is 20.0. The molecule has 0 aromatic heterocycles. The Balaban J connectivity index is 1.50. The Morgan fingerprint density at radius 1 is 1.15 bits per heavy atom. The number of hydrogen-bond donors (Lipinski definition) is 1. The first-order chi connectivity index (χ1) is 13.2. The maximum Gasteiger partial charge on any atom is 0.251 e. The number of piperidine rings is 1. The second kappa shape index (κ2) is 9.95. The maximum atomic E-state index is 12.7. The van der Waals surface area contributed by atoms with E-state index in [1.807, 2.05) is 19.9 Å². The van der Waals surface area contributed by atoms with Crippen LogP contribution in [0.1, 0.15) is 49.9 Å². The lowest BCUT2D eigenvalue weighted by atomic mass is 10.0. The zero-order valence-electron chi connectivity index (χ0n) is 16.5. The smallest absolute Gasteiger partial charge is 0.251 e. The van der Waals surface area contributed by atoms with Crippen LogP contribution in [-0.4, -0.2) is 62.4 Å². The highest BCUT2D eigenvalue weighted by molar-refractivity contribution is 5.95. The van der Waals surface area contributed by atoms with E-state index in [2.05, 4.69) is 10.2 Å². The standard InChI is InChI=1S/C21H32N2O4/c1-3-25-19-8-7-16(14-20(19)26-4-2)21(24)22-17-9-11-23(12-10-17)15-18-6-5-13-27-18/h7-8,14,17-18H,3-6,9-13,15H2,1-2H3,(H,22,24). The van der Waals surface area contributed by atoms with Gasteiger partial charge in [0, 0.05) is 37.8 Å². The van der Waals surface area contributed by atoms with Crippen molar-refractivity contribution in [2.75, 3.05) is 39.5 Å². The summed E-state index contributed by atoms with van der Waals surface area (Å²) < 4.78 is 16.9. The molecule has 0 aliphatic carbocycles. The van der Waals surface area contributed by atoms with Gasteiger partial charge in [0.05, 0.1) is 19.3 Å². The summed E-state index contributed by atoms with van der Waals surface area (Å²) in [6.45, 7) is 8.91. The van der Waals surface area contributed by atoms with Gasteiger partial charge in [0.25, 0.3) is 5.91 Å². The zero-order valence-corrected chi connectivity index (χ0v) is 16.5. The third-order valence-electron chi connectivity index (χ3n) is 5.21. The number of ether oxygens (including phenoxy) is 3. The molecule has 150 valence electrons. The van der Waals surface area contributed by atoms with E-state index in [-0.39, 0.29) is 11.9 Å². The molecule has 1 unspecified atom stereocenters. The number of likely N-dealkylation sites (tertiary alicyclic amines) is 1. The Morgan fingerprint density at radius 3 is 2.56 bits per heavy atom. The number of carbonyl (C=O) groups is 1. The molecule has 1 atom stereocenters. The summed E-state index contributed by atoms with van der Waals surface area (Å²) in [4.78, 5) is 15.1. The second-order valence-electron chi connectivity index (χ2n) is 7.21. The molecule has 1 aromatic rings. The number of carbonyl (C=O) groups excluding carboxylic acids is 1. The summed E-state index contributed by atoms with van der Waals surface area (Å²) in [6, 6.07) is 5.61. The predicted molar refractivity (Wildman–Crippen MR) is 105 cm³/mol. The fourth-order valence-electron chi connectivity index (χ4n) is 3.80. The molecule has 2 saturated heterocycles. The monoisotopic (exact) mass is 376 g/mol. The second-order valence-corrected chi connectivity index (χ2v) is 7.21. The Morgan fingerprint density at radius 2 is 1.89 bits per heavy atom. The summed E-state index contributed by atoms with van der Waals surface area (Å²) in [5.41, 5.74) is 0.615. The molecular formula is C21H32N2O4. The van der Waals surface area contributed by atoms with Gasteiger partial charge in [0.15, 0.2) is 11.5 Å². The first-order valence-electron chi connectivity index (χ1n) is 10.2. The van der Waals surface area contributed by atoms with Gasteiger partial charge in [0.2, 0.25) is 0 Å². The topological polar surface area (TPSA) is 60.0 Å². The van der Waals surface area contributed by atoms with Crippen molar-refractivity contribution in [2.24, 2.45) is 0 Å². The van der Waals surface area contributed by atoms with Crippen LogP contribution in [0.25, 0.3) is 0 Å². The Labute approximate surface area is 162 Å². The molecule has 6 heteroatoms. The number of rotatable bonds is 8. The van der Waals surface area contributed by atoms with Crippen molar-refractivity contribution in [3.8, 4) is 11.5 Å². The number of hydrogen-bond acceptors (Lipinski definition) is 5. The number of amides is 1. The average molecular weight is 376 g/mol. The largest absolute Gasteiger partial charge is 0.490 e. The minimum atomic E-state index is -0.0448. The van der Waals surface area contributed by atoms with Gasteiger partial charge < -0.3 is 24.4 Å². The van der Waals surface area contributed by atoms with Crippen molar-refractivity contribution in [1.29, 1.82) is 0 Å². The van der Waals surface area contributed by atoms with Gasteiger partial charge in [-0.15, -0.1) is 0 Å². The van der Waals surface area contributed by atoms with E-state index in [9.17, 15) is 4.79 Å². The van der Waals surface area contributed by atoms with Crippen molar-refractivity contribution in [2.45, 2.75) is 51.7 Å². The number of nitrogens with one attached hydrogen (secondary N) is 1. The van der Waals surface area contributed by atoms with E-state index < -0.39 is 0 Å². The van der Waals surface area contributed by atoms with E-state index in [1.54, 1.807) is 12.1 Å². The number of nitrogens with zero attached hydrogens (tertiary/aromatic N) is 1. The van der Waals surface area contributed by atoms with Gasteiger partial charge in [-0.25, -0.2) is 0 Å². The fraction of sp³-hybridized carbons (Fsp3) is 0.667. The van der Waals surface area contributed by atoms with Crippen molar-refractivity contribution in [1.82, 2.24) is 10.2 Å². The highest BCUT2D eigenvalue weighted by Gasteiger charge is 2.25. The van der Waals surface area contributed by atoms with Crippen LogP contribution in [-0.2, 0) is 4.74 Å².